The van der Waals surface area contributed by atoms with Gasteiger partial charge in [-0.2, -0.15) is 14.6 Å². The number of hydrogen-bond donors (Lipinski definition) is 2. The van der Waals surface area contributed by atoms with Crippen molar-refractivity contribution in [2.75, 3.05) is 10.6 Å². The van der Waals surface area contributed by atoms with Crippen molar-refractivity contribution < 1.29 is 4.79 Å². The van der Waals surface area contributed by atoms with E-state index < -0.39 is 6.03 Å². The molecule has 0 unspecified atom stereocenters. The first-order valence-electron chi connectivity index (χ1n) is 6.22. The summed E-state index contributed by atoms with van der Waals surface area (Å²) in [6.45, 7) is 1.57. The molecule has 9 heteroatoms. The molecule has 3 aromatic rings. The molecule has 0 spiro atoms. The number of nitrogens with zero attached hydrogens (tertiary/aromatic N) is 3. The summed E-state index contributed by atoms with van der Waals surface area (Å²) in [4.78, 5) is 27.7. The van der Waals surface area contributed by atoms with Crippen LogP contribution in [-0.4, -0.2) is 20.6 Å². The van der Waals surface area contributed by atoms with Crippen LogP contribution in [0.3, 0.4) is 0 Å². The molecular weight excluding hydrogens is 326 g/mol. The van der Waals surface area contributed by atoms with E-state index in [2.05, 4.69) is 20.7 Å². The lowest BCUT2D eigenvalue weighted by Crippen LogP contribution is -2.22. The van der Waals surface area contributed by atoms with E-state index in [1.807, 2.05) is 0 Å². The Hall–Kier alpha value is -2.45. The minimum Gasteiger partial charge on any atom is -0.308 e. The van der Waals surface area contributed by atoms with Crippen LogP contribution in [0.2, 0.25) is 5.02 Å². The minimum absolute atomic E-state index is 0.261. The maximum atomic E-state index is 12.0. The molecule has 0 radical (unpaired) electrons. The van der Waals surface area contributed by atoms with Crippen LogP contribution in [0.4, 0.5) is 16.3 Å². The van der Waals surface area contributed by atoms with Gasteiger partial charge >= 0.3 is 6.03 Å². The van der Waals surface area contributed by atoms with Crippen LogP contribution in [-0.2, 0) is 0 Å². The molecule has 0 saturated carbocycles. The van der Waals surface area contributed by atoms with Gasteiger partial charge in [0.15, 0.2) is 0 Å². The number of halogens is 1. The number of nitrogens with one attached hydrogen (secondary N) is 2. The number of anilines is 2. The summed E-state index contributed by atoms with van der Waals surface area (Å²) in [5, 5.41) is 11.7. The minimum atomic E-state index is -0.430. The third-order valence-electron chi connectivity index (χ3n) is 2.79. The summed E-state index contributed by atoms with van der Waals surface area (Å²) in [5.74, 6) is 0.432. The zero-order chi connectivity index (χ0) is 15.7. The van der Waals surface area contributed by atoms with Gasteiger partial charge in [-0.25, -0.2) is 4.79 Å². The zero-order valence-corrected chi connectivity index (χ0v) is 12.9. The Morgan fingerprint density at radius 2 is 2.00 bits per heavy atom. The number of urea groups is 1. The maximum Gasteiger partial charge on any atom is 0.324 e. The summed E-state index contributed by atoms with van der Waals surface area (Å²) in [7, 11) is 0. The SMILES string of the molecule is Cc1nn2c(NC(=O)Nc3ccc(Cl)cc3)csc2nc1=O. The van der Waals surface area contributed by atoms with Crippen molar-refractivity contribution in [2.45, 2.75) is 6.92 Å². The zero-order valence-electron chi connectivity index (χ0n) is 11.3. The van der Waals surface area contributed by atoms with Crippen LogP contribution in [0, 0.1) is 6.92 Å². The number of carbonyl (C=O) groups is 1. The van der Waals surface area contributed by atoms with E-state index in [0.29, 0.717) is 21.5 Å². The number of aryl methyl sites for hydroxylation is 1. The van der Waals surface area contributed by atoms with Crippen molar-refractivity contribution in [3.05, 3.63) is 50.7 Å². The van der Waals surface area contributed by atoms with Crippen LogP contribution in [0.1, 0.15) is 5.69 Å². The highest BCUT2D eigenvalue weighted by atomic mass is 35.5. The second kappa shape index (κ2) is 5.74. The van der Waals surface area contributed by atoms with E-state index >= 15 is 0 Å². The number of rotatable bonds is 2. The van der Waals surface area contributed by atoms with Gasteiger partial charge in [0, 0.05) is 16.1 Å². The molecule has 2 heterocycles. The van der Waals surface area contributed by atoms with Crippen LogP contribution >= 0.6 is 22.9 Å². The fraction of sp³-hybridized carbons (Fsp3) is 0.0769. The lowest BCUT2D eigenvalue weighted by atomic mass is 10.3. The molecule has 2 aromatic heterocycles. The second-order valence-corrected chi connectivity index (χ2v) is 5.68. The van der Waals surface area contributed by atoms with E-state index in [4.69, 9.17) is 11.6 Å². The molecule has 112 valence electrons. The standard InChI is InChI=1S/C13H10ClN5O2S/c1-7-11(20)17-13-19(18-7)10(6-22-13)16-12(21)15-9-4-2-8(14)3-5-9/h2-6H,1H3,(H2,15,16,21). The molecule has 0 aliphatic rings. The van der Waals surface area contributed by atoms with Crippen LogP contribution in [0.5, 0.6) is 0 Å². The molecule has 0 aliphatic heterocycles. The summed E-state index contributed by atoms with van der Waals surface area (Å²) in [5.41, 5.74) is 0.492. The van der Waals surface area contributed by atoms with Crippen molar-refractivity contribution in [3.63, 3.8) is 0 Å². The monoisotopic (exact) mass is 335 g/mol. The Balaban J connectivity index is 1.80. The Bertz CT molecular complexity index is 903. The smallest absolute Gasteiger partial charge is 0.308 e. The van der Waals surface area contributed by atoms with E-state index in [1.54, 1.807) is 36.6 Å². The number of fused-ring (bicyclic) bond motifs is 1. The molecule has 1 aromatic carbocycles. The molecule has 0 bridgehead atoms. The van der Waals surface area contributed by atoms with Gasteiger partial charge in [-0.1, -0.05) is 11.6 Å². The normalized spacial score (nSPS) is 10.6. The van der Waals surface area contributed by atoms with Crippen molar-refractivity contribution in [1.29, 1.82) is 0 Å². The molecule has 3 rings (SSSR count). The average molecular weight is 336 g/mol. The van der Waals surface area contributed by atoms with Crippen molar-refractivity contribution in [3.8, 4) is 0 Å². The molecule has 0 fully saturated rings. The largest absolute Gasteiger partial charge is 0.324 e. The van der Waals surface area contributed by atoms with E-state index in [9.17, 15) is 9.59 Å². The van der Waals surface area contributed by atoms with Gasteiger partial charge in [0.05, 0.1) is 0 Å². The van der Waals surface area contributed by atoms with Gasteiger partial charge in [-0.05, 0) is 31.2 Å². The fourth-order valence-corrected chi connectivity index (χ4v) is 2.61. The number of aromatic nitrogens is 3. The van der Waals surface area contributed by atoms with Gasteiger partial charge in [0.25, 0.3) is 5.56 Å². The first-order valence-corrected chi connectivity index (χ1v) is 7.47. The van der Waals surface area contributed by atoms with Gasteiger partial charge in [-0.15, -0.1) is 11.3 Å². The number of carbonyl (C=O) groups excluding carboxylic acids is 1. The number of hydrogen-bond acceptors (Lipinski definition) is 5. The average Bonchev–Trinajstić information content (AvgIpc) is 2.84. The lowest BCUT2D eigenvalue weighted by molar-refractivity contribution is 0.262. The van der Waals surface area contributed by atoms with Crippen molar-refractivity contribution in [1.82, 2.24) is 14.6 Å². The number of amides is 2. The van der Waals surface area contributed by atoms with Crippen LogP contribution < -0.4 is 16.2 Å². The molecular formula is C13H10ClN5O2S. The third kappa shape index (κ3) is 2.92. The first-order chi connectivity index (χ1) is 10.5. The van der Waals surface area contributed by atoms with Gasteiger partial charge in [0.2, 0.25) is 4.96 Å². The Kier molecular flexibility index (Phi) is 3.78. The highest BCUT2D eigenvalue weighted by molar-refractivity contribution is 7.15. The molecule has 2 N–H and O–H groups in total. The van der Waals surface area contributed by atoms with E-state index in [0.717, 1.165) is 0 Å². The highest BCUT2D eigenvalue weighted by Gasteiger charge is 2.10. The highest BCUT2D eigenvalue weighted by Crippen LogP contribution is 2.18. The molecule has 7 nitrogen and oxygen atoms in total. The van der Waals surface area contributed by atoms with Crippen LogP contribution in [0.15, 0.2) is 34.4 Å². The summed E-state index contributed by atoms with van der Waals surface area (Å²) < 4.78 is 1.42. The molecule has 2 amide bonds. The fourth-order valence-electron chi connectivity index (χ4n) is 1.74. The maximum absolute atomic E-state index is 12.0. The summed E-state index contributed by atoms with van der Waals surface area (Å²) >= 11 is 7.00. The molecule has 22 heavy (non-hydrogen) atoms. The first kappa shape index (κ1) is 14.5. The summed E-state index contributed by atoms with van der Waals surface area (Å²) in [6.07, 6.45) is 0. The van der Waals surface area contributed by atoms with Crippen LogP contribution in [0.25, 0.3) is 4.96 Å². The van der Waals surface area contributed by atoms with Gasteiger partial charge in [-0.3, -0.25) is 10.1 Å². The molecule has 0 atom stereocenters. The molecule has 0 aliphatic carbocycles. The lowest BCUT2D eigenvalue weighted by Gasteiger charge is -2.07. The summed E-state index contributed by atoms with van der Waals surface area (Å²) in [6, 6.07) is 6.30. The topological polar surface area (TPSA) is 88.4 Å². The molecule has 0 saturated heterocycles. The Morgan fingerprint density at radius 3 is 2.73 bits per heavy atom. The quantitative estimate of drug-likeness (QED) is 0.753. The predicted molar refractivity (Wildman–Crippen MR) is 86.0 cm³/mol. The van der Waals surface area contributed by atoms with Gasteiger partial charge in [0.1, 0.15) is 11.5 Å². The Labute approximate surface area is 133 Å². The third-order valence-corrected chi connectivity index (χ3v) is 3.85. The number of thiazole rings is 1. The number of benzene rings is 1. The van der Waals surface area contributed by atoms with E-state index in [1.165, 1.54) is 15.9 Å². The van der Waals surface area contributed by atoms with E-state index in [-0.39, 0.29) is 11.3 Å². The van der Waals surface area contributed by atoms with Crippen molar-refractivity contribution in [2.24, 2.45) is 0 Å². The second-order valence-electron chi connectivity index (χ2n) is 4.40. The predicted octanol–water partition coefficient (Wildman–Crippen LogP) is 2.76. The van der Waals surface area contributed by atoms with Gasteiger partial charge < -0.3 is 5.32 Å². The Morgan fingerprint density at radius 1 is 1.27 bits per heavy atom. The van der Waals surface area contributed by atoms with Crippen molar-refractivity contribution >= 4 is 45.4 Å².